The molecule has 0 N–H and O–H groups in total. The number of benzene rings is 1. The third-order valence-corrected chi connectivity index (χ3v) is 4.29. The lowest BCUT2D eigenvalue weighted by atomic mass is 10.1. The van der Waals surface area contributed by atoms with E-state index in [0.717, 1.165) is 11.1 Å². The molecular weight excluding hydrogens is 234 g/mol. The van der Waals surface area contributed by atoms with Gasteiger partial charge in [-0.1, -0.05) is 24.3 Å². The third kappa shape index (κ3) is 5.01. The van der Waals surface area contributed by atoms with E-state index in [-0.39, 0.29) is 11.5 Å². The molecule has 0 unspecified atom stereocenters. The smallest absolute Gasteiger partial charge is 0.154 e. The molecule has 0 aliphatic carbocycles. The molecule has 0 fully saturated rings. The van der Waals surface area contributed by atoms with Crippen molar-refractivity contribution in [1.29, 1.82) is 5.26 Å². The Morgan fingerprint density at radius 1 is 1.24 bits per heavy atom. The molecular formula is C13H17NO2S. The van der Waals surface area contributed by atoms with Crippen molar-refractivity contribution in [3.8, 4) is 6.07 Å². The molecule has 0 saturated heterocycles. The van der Waals surface area contributed by atoms with Crippen LogP contribution in [0.5, 0.6) is 0 Å². The van der Waals surface area contributed by atoms with Gasteiger partial charge in [-0.15, -0.1) is 0 Å². The molecule has 3 nitrogen and oxygen atoms in total. The molecule has 0 heterocycles. The number of aryl methyl sites for hydroxylation is 1. The maximum absolute atomic E-state index is 11.8. The zero-order chi connectivity index (χ0) is 12.7. The van der Waals surface area contributed by atoms with Crippen LogP contribution in [-0.2, 0) is 15.6 Å². The molecule has 0 aliphatic heterocycles. The molecule has 0 amide bonds. The van der Waals surface area contributed by atoms with Gasteiger partial charge < -0.3 is 0 Å². The summed E-state index contributed by atoms with van der Waals surface area (Å²) < 4.78 is 23.7. The fourth-order valence-corrected chi connectivity index (χ4v) is 3.19. The summed E-state index contributed by atoms with van der Waals surface area (Å²) in [7, 11) is -3.05. The normalized spacial score (nSPS) is 11.1. The summed E-state index contributed by atoms with van der Waals surface area (Å²) in [6, 6.07) is 9.54. The first-order valence-corrected chi connectivity index (χ1v) is 7.49. The van der Waals surface area contributed by atoms with Crippen LogP contribution in [0.3, 0.4) is 0 Å². The summed E-state index contributed by atoms with van der Waals surface area (Å²) in [5.41, 5.74) is 1.88. The fourth-order valence-electron chi connectivity index (χ4n) is 1.61. The summed E-state index contributed by atoms with van der Waals surface area (Å²) in [5, 5.41) is 8.37. The first-order chi connectivity index (χ1) is 8.05. The average molecular weight is 251 g/mol. The molecule has 0 spiro atoms. The second-order valence-electron chi connectivity index (χ2n) is 4.13. The highest BCUT2D eigenvalue weighted by Gasteiger charge is 2.12. The van der Waals surface area contributed by atoms with Crippen LogP contribution in [-0.4, -0.2) is 14.2 Å². The number of rotatable bonds is 6. The minimum absolute atomic E-state index is 0.103. The van der Waals surface area contributed by atoms with Crippen LogP contribution in [0.25, 0.3) is 0 Å². The van der Waals surface area contributed by atoms with Crippen LogP contribution in [0.1, 0.15) is 30.4 Å². The summed E-state index contributed by atoms with van der Waals surface area (Å²) in [6.45, 7) is 1.92. The first kappa shape index (κ1) is 13.7. The average Bonchev–Trinajstić information content (AvgIpc) is 2.28. The van der Waals surface area contributed by atoms with Gasteiger partial charge in [-0.25, -0.2) is 8.42 Å². The molecule has 17 heavy (non-hydrogen) atoms. The topological polar surface area (TPSA) is 57.9 Å². The second kappa shape index (κ2) is 6.41. The van der Waals surface area contributed by atoms with Gasteiger partial charge in [-0.05, 0) is 30.9 Å². The maximum atomic E-state index is 11.8. The maximum Gasteiger partial charge on any atom is 0.154 e. The Hall–Kier alpha value is -1.34. The Bertz CT molecular complexity index is 500. The van der Waals surface area contributed by atoms with E-state index < -0.39 is 9.84 Å². The number of nitriles is 1. The van der Waals surface area contributed by atoms with Crippen LogP contribution >= 0.6 is 0 Å². The van der Waals surface area contributed by atoms with Gasteiger partial charge in [0.1, 0.15) is 0 Å². The van der Waals surface area contributed by atoms with Crippen LogP contribution in [0.4, 0.5) is 0 Å². The van der Waals surface area contributed by atoms with Gasteiger partial charge in [0.2, 0.25) is 0 Å². The zero-order valence-corrected chi connectivity index (χ0v) is 10.8. The van der Waals surface area contributed by atoms with Gasteiger partial charge in [-0.3, -0.25) is 0 Å². The molecule has 0 saturated carbocycles. The minimum atomic E-state index is -3.05. The van der Waals surface area contributed by atoms with Crippen LogP contribution < -0.4 is 0 Å². The summed E-state index contributed by atoms with van der Waals surface area (Å²) in [4.78, 5) is 0. The summed E-state index contributed by atoms with van der Waals surface area (Å²) in [6.07, 6.45) is 1.66. The molecule has 92 valence electrons. The second-order valence-corrected chi connectivity index (χ2v) is 6.32. The van der Waals surface area contributed by atoms with Gasteiger partial charge in [0.25, 0.3) is 0 Å². The predicted octanol–water partition coefficient (Wildman–Crippen LogP) is 2.60. The summed E-state index contributed by atoms with van der Waals surface area (Å²) >= 11 is 0. The first-order valence-electron chi connectivity index (χ1n) is 5.67. The molecule has 0 atom stereocenters. The number of sulfone groups is 1. The standard InChI is InChI=1S/C13H17NO2S/c1-12-7-3-4-8-13(12)11-17(15,16)10-6-2-5-9-14/h3-4,7-8H,2,5-6,10-11H2,1H3. The van der Waals surface area contributed by atoms with E-state index in [1.807, 2.05) is 37.3 Å². The van der Waals surface area contributed by atoms with Crippen molar-refractivity contribution in [3.63, 3.8) is 0 Å². The Kier molecular flexibility index (Phi) is 5.17. The lowest BCUT2D eigenvalue weighted by Gasteiger charge is -2.06. The number of unbranched alkanes of at least 4 members (excludes halogenated alkanes) is 2. The Labute approximate surface area is 103 Å². The molecule has 0 bridgehead atoms. The third-order valence-electron chi connectivity index (χ3n) is 2.63. The van der Waals surface area contributed by atoms with Crippen molar-refractivity contribution in [3.05, 3.63) is 35.4 Å². The minimum Gasteiger partial charge on any atom is -0.228 e. The largest absolute Gasteiger partial charge is 0.228 e. The van der Waals surface area contributed by atoms with E-state index in [2.05, 4.69) is 0 Å². The van der Waals surface area contributed by atoms with Crippen molar-refractivity contribution < 1.29 is 8.42 Å². The van der Waals surface area contributed by atoms with E-state index in [4.69, 9.17) is 5.26 Å². The van der Waals surface area contributed by atoms with E-state index in [1.54, 1.807) is 0 Å². The fraction of sp³-hybridized carbons (Fsp3) is 0.462. The van der Waals surface area contributed by atoms with Crippen LogP contribution in [0, 0.1) is 18.3 Å². The SMILES string of the molecule is Cc1ccccc1CS(=O)(=O)CCCCC#N. The molecule has 0 aliphatic rings. The molecule has 1 aromatic rings. The summed E-state index contributed by atoms with van der Waals surface area (Å²) in [5.74, 6) is 0.273. The van der Waals surface area contributed by atoms with Crippen LogP contribution in [0.15, 0.2) is 24.3 Å². The van der Waals surface area contributed by atoms with Gasteiger partial charge in [0.05, 0.1) is 17.6 Å². The van der Waals surface area contributed by atoms with Gasteiger partial charge >= 0.3 is 0 Å². The highest BCUT2D eigenvalue weighted by atomic mass is 32.2. The molecule has 0 aromatic heterocycles. The van der Waals surface area contributed by atoms with E-state index >= 15 is 0 Å². The van der Waals surface area contributed by atoms with Crippen molar-refractivity contribution >= 4 is 9.84 Å². The zero-order valence-electron chi connectivity index (χ0n) is 10.0. The van der Waals surface area contributed by atoms with Crippen LogP contribution in [0.2, 0.25) is 0 Å². The quantitative estimate of drug-likeness (QED) is 0.730. The van der Waals surface area contributed by atoms with E-state index in [1.165, 1.54) is 0 Å². The van der Waals surface area contributed by atoms with E-state index in [9.17, 15) is 8.42 Å². The van der Waals surface area contributed by atoms with Gasteiger partial charge in [0.15, 0.2) is 9.84 Å². The molecule has 0 radical (unpaired) electrons. The predicted molar refractivity (Wildman–Crippen MR) is 68.1 cm³/mol. The number of hydrogen-bond acceptors (Lipinski definition) is 3. The Morgan fingerprint density at radius 3 is 2.59 bits per heavy atom. The highest BCUT2D eigenvalue weighted by molar-refractivity contribution is 7.90. The molecule has 4 heteroatoms. The molecule has 1 aromatic carbocycles. The van der Waals surface area contributed by atoms with Gasteiger partial charge in [0, 0.05) is 6.42 Å². The Morgan fingerprint density at radius 2 is 1.94 bits per heavy atom. The lowest BCUT2D eigenvalue weighted by Crippen LogP contribution is -2.10. The van der Waals surface area contributed by atoms with Crippen molar-refractivity contribution in [2.45, 2.75) is 31.9 Å². The van der Waals surface area contributed by atoms with Crippen molar-refractivity contribution in [2.75, 3.05) is 5.75 Å². The van der Waals surface area contributed by atoms with Crippen molar-refractivity contribution in [2.24, 2.45) is 0 Å². The van der Waals surface area contributed by atoms with Gasteiger partial charge in [-0.2, -0.15) is 5.26 Å². The Balaban J connectivity index is 2.56. The number of nitrogens with zero attached hydrogens (tertiary/aromatic N) is 1. The number of hydrogen-bond donors (Lipinski definition) is 0. The van der Waals surface area contributed by atoms with E-state index in [0.29, 0.717) is 19.3 Å². The monoisotopic (exact) mass is 251 g/mol. The highest BCUT2D eigenvalue weighted by Crippen LogP contribution is 2.13. The molecule has 1 rings (SSSR count). The lowest BCUT2D eigenvalue weighted by molar-refractivity contribution is 0.591. The van der Waals surface area contributed by atoms with Crippen molar-refractivity contribution in [1.82, 2.24) is 0 Å².